The van der Waals surface area contributed by atoms with Crippen molar-refractivity contribution in [1.29, 1.82) is 0 Å². The number of halogens is 1. The Morgan fingerprint density at radius 1 is 1.27 bits per heavy atom. The highest BCUT2D eigenvalue weighted by Gasteiger charge is 2.77. The van der Waals surface area contributed by atoms with Crippen LogP contribution < -0.4 is 0 Å². The fourth-order valence-electron chi connectivity index (χ4n) is 6.34. The van der Waals surface area contributed by atoms with Gasteiger partial charge in [0.2, 0.25) is 11.8 Å². The van der Waals surface area contributed by atoms with E-state index >= 15 is 0 Å². The van der Waals surface area contributed by atoms with Crippen LogP contribution in [0.25, 0.3) is 0 Å². The van der Waals surface area contributed by atoms with Crippen LogP contribution in [0.2, 0.25) is 0 Å². The van der Waals surface area contributed by atoms with Crippen molar-refractivity contribution in [3.8, 4) is 0 Å². The van der Waals surface area contributed by atoms with Crippen LogP contribution in [-0.4, -0.2) is 87.1 Å². The number of likely N-dealkylation sites (tertiary alicyclic amines) is 1. The first-order chi connectivity index (χ1) is 17.5. The zero-order chi connectivity index (χ0) is 27.5. The third-order valence-electron chi connectivity index (χ3n) is 7.86. The summed E-state index contributed by atoms with van der Waals surface area (Å²) in [6.07, 6.45) is 6.29. The largest absolute Gasteiger partial charge is 0.465 e. The van der Waals surface area contributed by atoms with E-state index in [2.05, 4.69) is 29.1 Å². The second-order valence-corrected chi connectivity index (χ2v) is 12.4. The number of hydrogen-bond acceptors (Lipinski definition) is 6. The number of ether oxygens (including phenoxy) is 2. The number of esters is 1. The molecule has 1 N–H and O–H groups in total. The predicted molar refractivity (Wildman–Crippen MR) is 145 cm³/mol. The average molecular weight is 584 g/mol. The first-order valence-electron chi connectivity index (χ1n) is 13.5. The fourth-order valence-corrected chi connectivity index (χ4v) is 7.28. The van der Waals surface area contributed by atoms with Crippen LogP contribution >= 0.6 is 15.9 Å². The Bertz CT molecular complexity index is 879. The van der Waals surface area contributed by atoms with Crippen molar-refractivity contribution in [1.82, 2.24) is 9.80 Å². The molecule has 3 rings (SSSR count). The maximum absolute atomic E-state index is 14.2. The summed E-state index contributed by atoms with van der Waals surface area (Å²) in [7, 11) is 0. The van der Waals surface area contributed by atoms with Gasteiger partial charge in [-0.05, 0) is 51.9 Å². The van der Waals surface area contributed by atoms with Gasteiger partial charge >= 0.3 is 5.97 Å². The Morgan fingerprint density at radius 3 is 2.54 bits per heavy atom. The molecule has 2 bridgehead atoms. The maximum atomic E-state index is 14.2. The summed E-state index contributed by atoms with van der Waals surface area (Å²) in [6, 6.07) is -1.64. The molecule has 2 amide bonds. The molecule has 0 aromatic rings. The number of nitrogens with zero attached hydrogens (tertiary/aromatic N) is 2. The molecule has 3 fully saturated rings. The maximum Gasteiger partial charge on any atom is 0.312 e. The Balaban J connectivity index is 2.01. The highest BCUT2D eigenvalue weighted by atomic mass is 79.9. The van der Waals surface area contributed by atoms with Crippen LogP contribution in [0.1, 0.15) is 59.8 Å². The molecular weight excluding hydrogens is 540 g/mol. The second-order valence-electron chi connectivity index (χ2n) is 11.2. The topological polar surface area (TPSA) is 96.4 Å². The monoisotopic (exact) mass is 582 g/mol. The van der Waals surface area contributed by atoms with Crippen molar-refractivity contribution >= 4 is 33.7 Å². The van der Waals surface area contributed by atoms with Crippen molar-refractivity contribution in [2.45, 2.75) is 94.5 Å². The smallest absolute Gasteiger partial charge is 0.312 e. The molecule has 37 heavy (non-hydrogen) atoms. The SMILES string of the molecule is C=CCCCCOC(=O)[C@H]1[C@@H]2OC3(CC2Br)C(C(=O)N(CC=C)C(C)C)N([C@@H](CO)CC(C)C)C(=O)[C@H]13. The summed E-state index contributed by atoms with van der Waals surface area (Å²) in [4.78, 5) is 44.8. The number of fused-ring (bicyclic) bond motifs is 1. The molecular formula is C28H43BrN2O6. The molecule has 208 valence electrons. The normalized spacial score (nSPS) is 31.1. The van der Waals surface area contributed by atoms with E-state index in [9.17, 15) is 19.5 Å². The molecule has 0 aromatic heterocycles. The number of carbonyl (C=O) groups excluding carboxylic acids is 3. The third-order valence-corrected chi connectivity index (χ3v) is 8.70. The number of rotatable bonds is 14. The molecule has 3 aliphatic rings. The molecule has 8 nitrogen and oxygen atoms in total. The predicted octanol–water partition coefficient (Wildman–Crippen LogP) is 3.46. The number of carbonyl (C=O) groups is 3. The summed E-state index contributed by atoms with van der Waals surface area (Å²) in [5, 5.41) is 10.4. The molecule has 9 heteroatoms. The lowest BCUT2D eigenvalue weighted by atomic mass is 9.70. The number of aliphatic hydroxyl groups excluding tert-OH is 1. The van der Waals surface area contributed by atoms with Crippen LogP contribution in [0.15, 0.2) is 25.3 Å². The highest BCUT2D eigenvalue weighted by Crippen LogP contribution is 2.61. The van der Waals surface area contributed by atoms with Crippen molar-refractivity contribution in [3.05, 3.63) is 25.3 Å². The third kappa shape index (κ3) is 5.55. The summed E-state index contributed by atoms with van der Waals surface area (Å²) in [5.74, 6) is -2.47. The van der Waals surface area contributed by atoms with Crippen LogP contribution in [0.5, 0.6) is 0 Å². The van der Waals surface area contributed by atoms with E-state index in [1.807, 2.05) is 33.8 Å². The zero-order valence-corrected chi connectivity index (χ0v) is 24.2. The van der Waals surface area contributed by atoms with Gasteiger partial charge in [0.05, 0.1) is 37.2 Å². The minimum absolute atomic E-state index is 0.134. The van der Waals surface area contributed by atoms with Gasteiger partial charge in [0.1, 0.15) is 11.6 Å². The summed E-state index contributed by atoms with van der Waals surface area (Å²) < 4.78 is 12.2. The first-order valence-corrected chi connectivity index (χ1v) is 14.4. The van der Waals surface area contributed by atoms with Gasteiger partial charge in [0, 0.05) is 17.4 Å². The molecule has 1 spiro atoms. The van der Waals surface area contributed by atoms with Gasteiger partial charge in [0.15, 0.2) is 0 Å². The molecule has 0 aliphatic carbocycles. The lowest BCUT2D eigenvalue weighted by molar-refractivity contribution is -0.157. The van der Waals surface area contributed by atoms with E-state index in [0.29, 0.717) is 25.8 Å². The molecule has 3 unspecified atom stereocenters. The average Bonchev–Trinajstić information content (AvgIpc) is 3.43. The number of hydrogen-bond donors (Lipinski definition) is 1. The van der Waals surface area contributed by atoms with Crippen LogP contribution in [0, 0.1) is 17.8 Å². The number of aliphatic hydroxyl groups is 1. The summed E-state index contributed by atoms with van der Waals surface area (Å²) in [5.41, 5.74) is -1.17. The molecule has 0 saturated carbocycles. The molecule has 0 aromatic carbocycles. The van der Waals surface area contributed by atoms with E-state index in [0.717, 1.165) is 12.8 Å². The zero-order valence-electron chi connectivity index (χ0n) is 22.6. The van der Waals surface area contributed by atoms with Crippen molar-refractivity contribution < 1.29 is 29.0 Å². The van der Waals surface area contributed by atoms with E-state index in [1.165, 1.54) is 4.90 Å². The Kier molecular flexibility index (Phi) is 10.0. The van der Waals surface area contributed by atoms with Crippen LogP contribution in [0.4, 0.5) is 0 Å². The van der Waals surface area contributed by atoms with Gasteiger partial charge in [-0.1, -0.05) is 41.9 Å². The second kappa shape index (κ2) is 12.4. The summed E-state index contributed by atoms with van der Waals surface area (Å²) in [6.45, 7) is 15.7. The molecule has 3 aliphatic heterocycles. The van der Waals surface area contributed by atoms with Crippen molar-refractivity contribution in [3.63, 3.8) is 0 Å². The van der Waals surface area contributed by atoms with Crippen molar-refractivity contribution in [2.24, 2.45) is 17.8 Å². The Morgan fingerprint density at radius 2 is 1.97 bits per heavy atom. The van der Waals surface area contributed by atoms with Gasteiger partial charge in [-0.2, -0.15) is 0 Å². The molecule has 7 atom stereocenters. The van der Waals surface area contributed by atoms with E-state index in [4.69, 9.17) is 9.47 Å². The Labute approximate surface area is 229 Å². The van der Waals surface area contributed by atoms with E-state index in [-0.39, 0.29) is 41.8 Å². The van der Waals surface area contributed by atoms with Crippen LogP contribution in [-0.2, 0) is 23.9 Å². The number of alkyl halides is 1. The van der Waals surface area contributed by atoms with Crippen LogP contribution in [0.3, 0.4) is 0 Å². The number of unbranched alkanes of at least 4 members (excludes halogenated alkanes) is 2. The molecule has 0 radical (unpaired) electrons. The quantitative estimate of drug-likeness (QED) is 0.146. The molecule has 3 heterocycles. The lowest BCUT2D eigenvalue weighted by Gasteiger charge is -2.40. The minimum Gasteiger partial charge on any atom is -0.465 e. The minimum atomic E-state index is -1.17. The first kappa shape index (κ1) is 29.8. The standard InChI is InChI=1S/C28H43BrN2O6/c1-7-9-10-11-13-36-27(35)21-22-25(33)31(19(16-32)14-17(3)4)24(26(34)30(12-8-2)18(5)6)28(22)15-20(29)23(21)37-28/h7-8,17-24,32H,1-2,9-16H2,3-6H3/t19-,20?,21-,22+,23-,24?,28?/m1/s1. The van der Waals surface area contributed by atoms with Gasteiger partial charge in [-0.15, -0.1) is 13.2 Å². The lowest BCUT2D eigenvalue weighted by Crippen LogP contribution is -2.60. The number of amides is 2. The molecule has 3 saturated heterocycles. The fraction of sp³-hybridized carbons (Fsp3) is 0.750. The van der Waals surface area contributed by atoms with Crippen molar-refractivity contribution in [2.75, 3.05) is 19.8 Å². The number of allylic oxidation sites excluding steroid dienone is 1. The van der Waals surface area contributed by atoms with Gasteiger partial charge in [-0.3, -0.25) is 14.4 Å². The Hall–Kier alpha value is -1.71. The summed E-state index contributed by atoms with van der Waals surface area (Å²) >= 11 is 3.68. The van der Waals surface area contributed by atoms with Gasteiger partial charge in [-0.25, -0.2) is 0 Å². The van der Waals surface area contributed by atoms with Gasteiger partial charge in [0.25, 0.3) is 0 Å². The van der Waals surface area contributed by atoms with E-state index < -0.39 is 41.6 Å². The van der Waals surface area contributed by atoms with Gasteiger partial charge < -0.3 is 24.4 Å². The van der Waals surface area contributed by atoms with E-state index in [1.54, 1.807) is 11.0 Å². The highest BCUT2D eigenvalue weighted by molar-refractivity contribution is 9.09.